The molecule has 2 unspecified atom stereocenters. The fourth-order valence-electron chi connectivity index (χ4n) is 2.01. The maximum atomic E-state index is 5.84. The van der Waals surface area contributed by atoms with E-state index >= 15 is 0 Å². The van der Waals surface area contributed by atoms with Crippen molar-refractivity contribution in [1.82, 2.24) is 0 Å². The highest BCUT2D eigenvalue weighted by molar-refractivity contribution is 6.30. The Bertz CT molecular complexity index is 331. The summed E-state index contributed by atoms with van der Waals surface area (Å²) in [5.74, 6) is 1.07. The van der Waals surface area contributed by atoms with Crippen LogP contribution < -0.4 is 0 Å². The smallest absolute Gasteiger partial charge is 0.0532 e. The van der Waals surface area contributed by atoms with E-state index in [9.17, 15) is 0 Å². The van der Waals surface area contributed by atoms with E-state index < -0.39 is 0 Å². The Morgan fingerprint density at radius 3 is 2.73 bits per heavy atom. The van der Waals surface area contributed by atoms with E-state index in [1.807, 2.05) is 18.2 Å². The van der Waals surface area contributed by atoms with Gasteiger partial charge in [0, 0.05) is 10.9 Å². The van der Waals surface area contributed by atoms with E-state index in [0.717, 1.165) is 24.7 Å². The van der Waals surface area contributed by atoms with Crippen molar-refractivity contribution in [3.8, 4) is 0 Å². The van der Waals surface area contributed by atoms with Gasteiger partial charge < -0.3 is 4.74 Å². The topological polar surface area (TPSA) is 9.23 Å². The van der Waals surface area contributed by atoms with Crippen LogP contribution in [0.5, 0.6) is 0 Å². The first-order valence-corrected chi connectivity index (χ1v) is 5.62. The van der Waals surface area contributed by atoms with Crippen molar-refractivity contribution in [2.75, 3.05) is 13.2 Å². The molecule has 80 valence electrons. The van der Waals surface area contributed by atoms with Gasteiger partial charge in [-0.1, -0.05) is 29.8 Å². The van der Waals surface area contributed by atoms with Crippen LogP contribution in [0, 0.1) is 11.8 Å². The Balaban J connectivity index is 2.02. The minimum atomic E-state index is 0.501. The summed E-state index contributed by atoms with van der Waals surface area (Å²) in [7, 11) is 0. The highest BCUT2D eigenvalue weighted by atomic mass is 35.5. The molecule has 1 aromatic rings. The third kappa shape index (κ3) is 2.61. The van der Waals surface area contributed by atoms with Gasteiger partial charge in [0.15, 0.2) is 0 Å². The van der Waals surface area contributed by atoms with E-state index in [0.29, 0.717) is 11.8 Å². The molecule has 0 saturated carbocycles. The molecular formula is C13H15ClO. The second kappa shape index (κ2) is 4.82. The number of rotatable bonds is 3. The molecule has 0 bridgehead atoms. The van der Waals surface area contributed by atoms with Crippen molar-refractivity contribution >= 4 is 11.6 Å². The van der Waals surface area contributed by atoms with Crippen molar-refractivity contribution in [2.45, 2.75) is 6.42 Å². The summed E-state index contributed by atoms with van der Waals surface area (Å²) < 4.78 is 5.46. The first-order chi connectivity index (χ1) is 7.29. The maximum absolute atomic E-state index is 5.84. The molecule has 2 atom stereocenters. The second-order valence-electron chi connectivity index (χ2n) is 4.03. The van der Waals surface area contributed by atoms with Gasteiger partial charge in [0.2, 0.25) is 0 Å². The van der Waals surface area contributed by atoms with Crippen LogP contribution in [-0.2, 0) is 11.2 Å². The number of benzene rings is 1. The van der Waals surface area contributed by atoms with Gasteiger partial charge in [-0.25, -0.2) is 0 Å². The Hall–Kier alpha value is -0.790. The Morgan fingerprint density at radius 1 is 1.33 bits per heavy atom. The van der Waals surface area contributed by atoms with E-state index in [4.69, 9.17) is 16.3 Å². The van der Waals surface area contributed by atoms with Gasteiger partial charge >= 0.3 is 0 Å². The highest BCUT2D eigenvalue weighted by Crippen LogP contribution is 2.25. The fraction of sp³-hybridized carbons (Fsp3) is 0.385. The molecule has 0 aromatic heterocycles. The van der Waals surface area contributed by atoms with Gasteiger partial charge in [-0.05, 0) is 30.0 Å². The van der Waals surface area contributed by atoms with Crippen molar-refractivity contribution in [1.29, 1.82) is 0 Å². The minimum Gasteiger partial charge on any atom is -0.381 e. The van der Waals surface area contributed by atoms with E-state index in [-0.39, 0.29) is 0 Å². The van der Waals surface area contributed by atoms with Gasteiger partial charge in [0.25, 0.3) is 0 Å². The molecule has 2 rings (SSSR count). The molecule has 1 nitrogen and oxygen atoms in total. The van der Waals surface area contributed by atoms with Gasteiger partial charge in [-0.3, -0.25) is 0 Å². The summed E-state index contributed by atoms with van der Waals surface area (Å²) in [5, 5.41) is 0.793. The summed E-state index contributed by atoms with van der Waals surface area (Å²) in [5.41, 5.74) is 1.32. The quantitative estimate of drug-likeness (QED) is 0.713. The lowest BCUT2D eigenvalue weighted by Crippen LogP contribution is -2.12. The van der Waals surface area contributed by atoms with Gasteiger partial charge in [0.05, 0.1) is 13.2 Å². The number of ether oxygens (including phenoxy) is 1. The lowest BCUT2D eigenvalue weighted by molar-refractivity contribution is 0.183. The Morgan fingerprint density at radius 2 is 2.07 bits per heavy atom. The van der Waals surface area contributed by atoms with Crippen molar-refractivity contribution < 1.29 is 4.74 Å². The van der Waals surface area contributed by atoms with Crippen LogP contribution in [0.1, 0.15) is 5.56 Å². The van der Waals surface area contributed by atoms with E-state index in [2.05, 4.69) is 18.7 Å². The third-order valence-corrected chi connectivity index (χ3v) is 3.21. The Kier molecular flexibility index (Phi) is 3.45. The lowest BCUT2D eigenvalue weighted by atomic mass is 9.90. The predicted molar refractivity (Wildman–Crippen MR) is 63.2 cm³/mol. The Labute approximate surface area is 95.7 Å². The van der Waals surface area contributed by atoms with Crippen LogP contribution in [0.25, 0.3) is 0 Å². The summed E-state index contributed by atoms with van der Waals surface area (Å²) in [6.07, 6.45) is 3.06. The van der Waals surface area contributed by atoms with E-state index in [1.54, 1.807) is 0 Å². The average molecular weight is 223 g/mol. The first-order valence-electron chi connectivity index (χ1n) is 5.24. The summed E-state index contributed by atoms with van der Waals surface area (Å²) >= 11 is 5.84. The molecule has 1 saturated heterocycles. The standard InChI is InChI=1S/C13H15ClO/c1-2-11-8-15-9-12(11)7-10-3-5-13(14)6-4-10/h2-6,11-12H,1,7-9H2. The number of halogens is 1. The first kappa shape index (κ1) is 10.7. The van der Waals surface area contributed by atoms with Crippen molar-refractivity contribution in [3.05, 3.63) is 47.5 Å². The maximum Gasteiger partial charge on any atom is 0.0532 e. The van der Waals surface area contributed by atoms with Crippen LogP contribution in [0.3, 0.4) is 0 Å². The number of hydrogen-bond acceptors (Lipinski definition) is 1. The number of hydrogen-bond donors (Lipinski definition) is 0. The van der Waals surface area contributed by atoms with Crippen LogP contribution in [0.15, 0.2) is 36.9 Å². The van der Waals surface area contributed by atoms with Gasteiger partial charge in [-0.15, -0.1) is 6.58 Å². The van der Waals surface area contributed by atoms with Crippen LogP contribution in [-0.4, -0.2) is 13.2 Å². The molecule has 2 heteroatoms. The molecule has 1 fully saturated rings. The van der Waals surface area contributed by atoms with Gasteiger partial charge in [0.1, 0.15) is 0 Å². The zero-order valence-electron chi connectivity index (χ0n) is 8.66. The summed E-state index contributed by atoms with van der Waals surface area (Å²) in [4.78, 5) is 0. The SMILES string of the molecule is C=CC1COCC1Cc1ccc(Cl)cc1. The fourth-order valence-corrected chi connectivity index (χ4v) is 2.14. The molecule has 15 heavy (non-hydrogen) atoms. The highest BCUT2D eigenvalue weighted by Gasteiger charge is 2.25. The van der Waals surface area contributed by atoms with Crippen LogP contribution >= 0.6 is 11.6 Å². The monoisotopic (exact) mass is 222 g/mol. The normalized spacial score (nSPS) is 25.4. The largest absolute Gasteiger partial charge is 0.381 e. The minimum absolute atomic E-state index is 0.501. The van der Waals surface area contributed by atoms with Crippen LogP contribution in [0.2, 0.25) is 5.02 Å². The molecule has 0 radical (unpaired) electrons. The summed E-state index contributed by atoms with van der Waals surface area (Å²) in [6.45, 7) is 5.52. The van der Waals surface area contributed by atoms with Crippen molar-refractivity contribution in [2.24, 2.45) is 11.8 Å². The van der Waals surface area contributed by atoms with Crippen molar-refractivity contribution in [3.63, 3.8) is 0 Å². The van der Waals surface area contributed by atoms with E-state index in [1.165, 1.54) is 5.56 Å². The molecular weight excluding hydrogens is 208 g/mol. The summed E-state index contributed by atoms with van der Waals surface area (Å²) in [6, 6.07) is 8.05. The molecule has 1 aliphatic rings. The molecule has 0 N–H and O–H groups in total. The predicted octanol–water partition coefficient (Wildman–Crippen LogP) is 3.33. The second-order valence-corrected chi connectivity index (χ2v) is 4.46. The zero-order chi connectivity index (χ0) is 10.7. The molecule has 1 aliphatic heterocycles. The molecule has 0 aliphatic carbocycles. The lowest BCUT2D eigenvalue weighted by Gasteiger charge is -2.13. The zero-order valence-corrected chi connectivity index (χ0v) is 9.41. The third-order valence-electron chi connectivity index (χ3n) is 2.96. The van der Waals surface area contributed by atoms with Crippen LogP contribution in [0.4, 0.5) is 0 Å². The average Bonchev–Trinajstić information content (AvgIpc) is 2.69. The molecule has 1 heterocycles. The molecule has 0 amide bonds. The van der Waals surface area contributed by atoms with Gasteiger partial charge in [-0.2, -0.15) is 0 Å². The molecule has 0 spiro atoms. The molecule has 1 aromatic carbocycles.